The van der Waals surface area contributed by atoms with Crippen molar-refractivity contribution in [2.45, 2.75) is 129 Å². The molecule has 7 aromatic carbocycles. The number of carbonyl (C=O) groups excluding carboxylic acids is 5. The second-order valence-electron chi connectivity index (χ2n) is 20.6. The summed E-state index contributed by atoms with van der Waals surface area (Å²) in [7, 11) is 0. The Morgan fingerprint density at radius 1 is 0.235 bits per heavy atom. The zero-order chi connectivity index (χ0) is 59.7. The van der Waals surface area contributed by atoms with Crippen molar-refractivity contribution in [3.63, 3.8) is 0 Å². The second-order valence-corrected chi connectivity index (χ2v) is 20.6. The van der Waals surface area contributed by atoms with E-state index < -0.39 is 29.8 Å². The van der Waals surface area contributed by atoms with E-state index >= 15 is 0 Å². The fourth-order valence-electron chi connectivity index (χ4n) is 8.85. The maximum Gasteiger partial charge on any atom is 0.343 e. The summed E-state index contributed by atoms with van der Waals surface area (Å²) >= 11 is 0. The standard InChI is InChI=1S/C71H78O14/c1-3-5-7-9-10-11-12-13-14-18-49-79-60-40-44-63(45-41-60)82-67(72)53-24-26-54(27-25-53)70(75)84-65-22-21-23-66(52-65)85-71(76)57-32-38-62(39-33-57)81-68(73)55-28-36-59(37-29-55)78-50-19-15-16-20-51-80-61-42-46-64(47-43-61)83-69(74)56-30-34-58(35-31-56)77-48-17-8-6-4-2/h21-47,52H,3-20,48-51H2,1-2H3. The largest absolute Gasteiger partial charge is 0.494 e. The van der Waals surface area contributed by atoms with Gasteiger partial charge in [0, 0.05) is 6.07 Å². The highest BCUT2D eigenvalue weighted by atomic mass is 16.6. The van der Waals surface area contributed by atoms with Gasteiger partial charge in [-0.2, -0.15) is 0 Å². The van der Waals surface area contributed by atoms with Crippen molar-refractivity contribution in [3.05, 3.63) is 198 Å². The van der Waals surface area contributed by atoms with Crippen LogP contribution in [0.3, 0.4) is 0 Å². The average molecular weight is 1160 g/mol. The van der Waals surface area contributed by atoms with Crippen LogP contribution >= 0.6 is 0 Å². The molecule has 0 bridgehead atoms. The number of ether oxygens (including phenoxy) is 9. The molecule has 14 nitrogen and oxygen atoms in total. The van der Waals surface area contributed by atoms with Gasteiger partial charge in [0.25, 0.3) is 0 Å². The molecule has 0 atom stereocenters. The molecule has 0 saturated carbocycles. The topological polar surface area (TPSA) is 168 Å². The van der Waals surface area contributed by atoms with Gasteiger partial charge >= 0.3 is 29.8 Å². The van der Waals surface area contributed by atoms with Crippen LogP contribution in [0.4, 0.5) is 0 Å². The lowest BCUT2D eigenvalue weighted by atomic mass is 10.1. The number of benzene rings is 7. The summed E-state index contributed by atoms with van der Waals surface area (Å²) in [6.45, 7) is 6.78. The van der Waals surface area contributed by atoms with Crippen molar-refractivity contribution in [1.82, 2.24) is 0 Å². The molecule has 0 aromatic heterocycles. The molecule has 0 radical (unpaired) electrons. The van der Waals surface area contributed by atoms with Crippen LogP contribution < -0.4 is 42.6 Å². The van der Waals surface area contributed by atoms with E-state index in [4.69, 9.17) is 42.6 Å². The van der Waals surface area contributed by atoms with E-state index in [-0.39, 0.29) is 33.9 Å². The van der Waals surface area contributed by atoms with Crippen LogP contribution in [0.15, 0.2) is 170 Å². The summed E-state index contributed by atoms with van der Waals surface area (Å²) in [4.78, 5) is 64.6. The molecule has 0 spiro atoms. The molecule has 0 fully saturated rings. The molecular formula is C71H78O14. The van der Waals surface area contributed by atoms with Gasteiger partial charge in [-0.25, -0.2) is 24.0 Å². The van der Waals surface area contributed by atoms with Gasteiger partial charge in [-0.05, 0) is 196 Å². The lowest BCUT2D eigenvalue weighted by Crippen LogP contribution is -2.12. The normalized spacial score (nSPS) is 10.8. The molecule has 446 valence electrons. The maximum absolute atomic E-state index is 13.1. The Morgan fingerprint density at radius 3 is 0.718 bits per heavy atom. The molecule has 0 aliphatic carbocycles. The first-order valence-electron chi connectivity index (χ1n) is 29.9. The van der Waals surface area contributed by atoms with Gasteiger partial charge in [0.05, 0.1) is 54.2 Å². The van der Waals surface area contributed by atoms with Crippen LogP contribution in [0.5, 0.6) is 51.7 Å². The van der Waals surface area contributed by atoms with Gasteiger partial charge in [-0.15, -0.1) is 0 Å². The highest BCUT2D eigenvalue weighted by molar-refractivity contribution is 5.95. The molecule has 85 heavy (non-hydrogen) atoms. The van der Waals surface area contributed by atoms with E-state index in [0.29, 0.717) is 66.3 Å². The third kappa shape index (κ3) is 23.0. The van der Waals surface area contributed by atoms with Crippen LogP contribution in [0.1, 0.15) is 181 Å². The van der Waals surface area contributed by atoms with Crippen LogP contribution in [0.2, 0.25) is 0 Å². The molecule has 0 heterocycles. The van der Waals surface area contributed by atoms with Gasteiger partial charge in [0.15, 0.2) is 0 Å². The first kappa shape index (κ1) is 63.7. The number of unbranched alkanes of at least 4 members (excludes halogenated alkanes) is 15. The lowest BCUT2D eigenvalue weighted by molar-refractivity contribution is 0.0715. The quantitative estimate of drug-likeness (QED) is 0.0205. The fraction of sp³-hybridized carbons (Fsp3) is 0.338. The Hall–Kier alpha value is -8.91. The van der Waals surface area contributed by atoms with Crippen molar-refractivity contribution in [1.29, 1.82) is 0 Å². The van der Waals surface area contributed by atoms with Crippen molar-refractivity contribution < 1.29 is 66.6 Å². The number of carbonyl (C=O) groups is 5. The van der Waals surface area contributed by atoms with E-state index in [1.54, 1.807) is 115 Å². The highest BCUT2D eigenvalue weighted by Gasteiger charge is 2.17. The minimum absolute atomic E-state index is 0.131. The van der Waals surface area contributed by atoms with Crippen molar-refractivity contribution in [2.75, 3.05) is 26.4 Å². The molecule has 0 amide bonds. The monoisotopic (exact) mass is 1150 g/mol. The number of hydrogen-bond acceptors (Lipinski definition) is 14. The van der Waals surface area contributed by atoms with Crippen LogP contribution in [-0.2, 0) is 0 Å². The van der Waals surface area contributed by atoms with Crippen molar-refractivity contribution in [2.24, 2.45) is 0 Å². The Labute approximate surface area is 499 Å². The molecule has 0 aliphatic heterocycles. The van der Waals surface area contributed by atoms with Crippen LogP contribution in [0, 0.1) is 0 Å². The lowest BCUT2D eigenvalue weighted by Gasteiger charge is -2.10. The SMILES string of the molecule is CCCCCCCCCCCCOc1ccc(OC(=O)c2ccc(C(=O)Oc3cccc(OC(=O)c4ccc(OC(=O)c5ccc(OCCCCCCOc6ccc(OC(=O)c7ccc(OCCCCCC)cc7)cc6)cc5)cc4)c3)cc2)cc1. The Kier molecular flexibility index (Phi) is 26.9. The van der Waals surface area contributed by atoms with Gasteiger partial charge in [0.2, 0.25) is 0 Å². The summed E-state index contributed by atoms with van der Waals surface area (Å²) in [6.07, 6.45) is 20.7. The van der Waals surface area contributed by atoms with E-state index in [9.17, 15) is 24.0 Å². The molecule has 0 saturated heterocycles. The van der Waals surface area contributed by atoms with Gasteiger partial charge < -0.3 is 42.6 Å². The van der Waals surface area contributed by atoms with E-state index in [1.807, 2.05) is 0 Å². The molecular weight excluding hydrogens is 1080 g/mol. The minimum atomic E-state index is -0.686. The predicted octanol–water partition coefficient (Wildman–Crippen LogP) is 17.1. The highest BCUT2D eigenvalue weighted by Crippen LogP contribution is 2.26. The zero-order valence-corrected chi connectivity index (χ0v) is 48.9. The summed E-state index contributed by atoms with van der Waals surface area (Å²) in [5, 5.41) is 0. The first-order chi connectivity index (χ1) is 41.6. The molecule has 0 aliphatic rings. The van der Waals surface area contributed by atoms with E-state index in [0.717, 1.165) is 57.1 Å². The molecule has 7 rings (SSSR count). The Bertz CT molecular complexity index is 3120. The zero-order valence-electron chi connectivity index (χ0n) is 48.9. The smallest absolute Gasteiger partial charge is 0.343 e. The van der Waals surface area contributed by atoms with Crippen molar-refractivity contribution >= 4 is 29.8 Å². The fourth-order valence-corrected chi connectivity index (χ4v) is 8.85. The summed E-state index contributed by atoms with van der Waals surface area (Å²) in [5.41, 5.74) is 1.39. The predicted molar refractivity (Wildman–Crippen MR) is 326 cm³/mol. The van der Waals surface area contributed by atoms with Crippen LogP contribution in [0.25, 0.3) is 0 Å². The van der Waals surface area contributed by atoms with Gasteiger partial charge in [0.1, 0.15) is 51.7 Å². The maximum atomic E-state index is 13.1. The summed E-state index contributed by atoms with van der Waals surface area (Å²) in [6, 6.07) is 45.4. The number of hydrogen-bond donors (Lipinski definition) is 0. The van der Waals surface area contributed by atoms with E-state index in [1.165, 1.54) is 119 Å². The summed E-state index contributed by atoms with van der Waals surface area (Å²) in [5.74, 6) is 1.07. The van der Waals surface area contributed by atoms with E-state index in [2.05, 4.69) is 13.8 Å². The molecule has 0 N–H and O–H groups in total. The molecule has 7 aromatic rings. The minimum Gasteiger partial charge on any atom is -0.494 e. The third-order valence-corrected chi connectivity index (χ3v) is 13.7. The molecule has 0 unspecified atom stereocenters. The summed E-state index contributed by atoms with van der Waals surface area (Å²) < 4.78 is 51.1. The van der Waals surface area contributed by atoms with Crippen molar-refractivity contribution in [3.8, 4) is 51.7 Å². The number of rotatable bonds is 37. The number of esters is 5. The molecule has 14 heteroatoms. The van der Waals surface area contributed by atoms with Crippen LogP contribution in [-0.4, -0.2) is 56.3 Å². The first-order valence-corrected chi connectivity index (χ1v) is 29.9. The Balaban J connectivity index is 0.729. The second kappa shape index (κ2) is 35.9. The van der Waals surface area contributed by atoms with Gasteiger partial charge in [-0.3, -0.25) is 0 Å². The Morgan fingerprint density at radius 2 is 0.435 bits per heavy atom. The third-order valence-electron chi connectivity index (χ3n) is 13.7. The average Bonchev–Trinajstić information content (AvgIpc) is 3.53. The van der Waals surface area contributed by atoms with Gasteiger partial charge in [-0.1, -0.05) is 97.0 Å².